The summed E-state index contributed by atoms with van der Waals surface area (Å²) in [4.78, 5) is 0. The van der Waals surface area contributed by atoms with E-state index in [0.29, 0.717) is 5.92 Å². The molecule has 20 heavy (non-hydrogen) atoms. The van der Waals surface area contributed by atoms with Crippen LogP contribution in [0.2, 0.25) is 0 Å². The van der Waals surface area contributed by atoms with Gasteiger partial charge in [-0.05, 0) is 23.6 Å². The summed E-state index contributed by atoms with van der Waals surface area (Å²) in [6.45, 7) is 6.04. The van der Waals surface area contributed by atoms with Gasteiger partial charge in [0.2, 0.25) is 0 Å². The molecule has 2 rings (SSSR count). The molecule has 0 saturated carbocycles. The number of nitrogens with zero attached hydrogens (tertiary/aromatic N) is 2. The molecule has 0 bridgehead atoms. The third-order valence-electron chi connectivity index (χ3n) is 3.29. The van der Waals surface area contributed by atoms with E-state index in [1.54, 1.807) is 7.11 Å². The normalized spacial score (nSPS) is 11.1. The number of aryl methyl sites for hydroxylation is 1. The Morgan fingerprint density at radius 1 is 1.20 bits per heavy atom. The molecule has 2 aromatic rings. The summed E-state index contributed by atoms with van der Waals surface area (Å²) in [5.74, 6) is 1.34. The second kappa shape index (κ2) is 6.57. The van der Waals surface area contributed by atoms with Crippen LogP contribution in [0.15, 0.2) is 30.5 Å². The van der Waals surface area contributed by atoms with Gasteiger partial charge in [-0.2, -0.15) is 5.10 Å². The molecule has 0 atom stereocenters. The molecule has 4 nitrogen and oxygen atoms in total. The van der Waals surface area contributed by atoms with Crippen LogP contribution < -0.4 is 10.1 Å². The van der Waals surface area contributed by atoms with Gasteiger partial charge in [0.15, 0.2) is 0 Å². The molecule has 0 spiro atoms. The van der Waals surface area contributed by atoms with E-state index < -0.39 is 0 Å². The maximum Gasteiger partial charge on any atom is 0.118 e. The summed E-state index contributed by atoms with van der Waals surface area (Å²) in [7, 11) is 3.65. The standard InChI is InChI=1S/C16H23N3O/c1-12(2)16-14(11-19(3)18-16)10-17-9-13-5-7-15(20-4)8-6-13/h5-8,11-12,17H,9-10H2,1-4H3. The molecule has 0 saturated heterocycles. The lowest BCUT2D eigenvalue weighted by atomic mass is 10.1. The van der Waals surface area contributed by atoms with E-state index in [1.165, 1.54) is 16.8 Å². The fourth-order valence-corrected chi connectivity index (χ4v) is 2.26. The molecule has 0 fully saturated rings. The van der Waals surface area contributed by atoms with Crippen LogP contribution in [0, 0.1) is 0 Å². The largest absolute Gasteiger partial charge is 0.497 e. The van der Waals surface area contributed by atoms with Crippen LogP contribution in [0.3, 0.4) is 0 Å². The molecule has 1 heterocycles. The lowest BCUT2D eigenvalue weighted by Gasteiger charge is -2.07. The van der Waals surface area contributed by atoms with Crippen molar-refractivity contribution in [1.82, 2.24) is 15.1 Å². The van der Waals surface area contributed by atoms with Crippen LogP contribution in [0.25, 0.3) is 0 Å². The Morgan fingerprint density at radius 2 is 1.90 bits per heavy atom. The second-order valence-electron chi connectivity index (χ2n) is 5.32. The Bertz CT molecular complexity index is 543. The van der Waals surface area contributed by atoms with Gasteiger partial charge >= 0.3 is 0 Å². The van der Waals surface area contributed by atoms with Crippen LogP contribution in [-0.4, -0.2) is 16.9 Å². The van der Waals surface area contributed by atoms with E-state index in [9.17, 15) is 0 Å². The Morgan fingerprint density at radius 3 is 2.50 bits per heavy atom. The topological polar surface area (TPSA) is 39.1 Å². The molecule has 1 N–H and O–H groups in total. The fourth-order valence-electron chi connectivity index (χ4n) is 2.26. The highest BCUT2D eigenvalue weighted by Gasteiger charge is 2.10. The Balaban J connectivity index is 1.92. The molecular weight excluding hydrogens is 250 g/mol. The van der Waals surface area contributed by atoms with Crippen molar-refractivity contribution in [3.63, 3.8) is 0 Å². The minimum absolute atomic E-state index is 0.453. The number of ether oxygens (including phenoxy) is 1. The number of hydrogen-bond acceptors (Lipinski definition) is 3. The van der Waals surface area contributed by atoms with Crippen molar-refractivity contribution in [2.24, 2.45) is 7.05 Å². The van der Waals surface area contributed by atoms with E-state index in [2.05, 4.69) is 42.6 Å². The number of rotatable bonds is 6. The highest BCUT2D eigenvalue weighted by atomic mass is 16.5. The van der Waals surface area contributed by atoms with Gasteiger partial charge in [-0.15, -0.1) is 0 Å². The minimum atomic E-state index is 0.453. The van der Waals surface area contributed by atoms with E-state index >= 15 is 0 Å². The third-order valence-corrected chi connectivity index (χ3v) is 3.29. The van der Waals surface area contributed by atoms with Crippen molar-refractivity contribution in [3.05, 3.63) is 47.3 Å². The van der Waals surface area contributed by atoms with Crippen molar-refractivity contribution >= 4 is 0 Å². The van der Waals surface area contributed by atoms with Crippen molar-refractivity contribution < 1.29 is 4.74 Å². The first-order valence-electron chi connectivity index (χ1n) is 6.96. The second-order valence-corrected chi connectivity index (χ2v) is 5.32. The average Bonchev–Trinajstić information content (AvgIpc) is 2.81. The predicted molar refractivity (Wildman–Crippen MR) is 80.8 cm³/mol. The van der Waals surface area contributed by atoms with Gasteiger partial charge in [0.05, 0.1) is 12.8 Å². The van der Waals surface area contributed by atoms with E-state index in [0.717, 1.165) is 18.8 Å². The SMILES string of the molecule is COc1ccc(CNCc2cn(C)nc2C(C)C)cc1. The number of aromatic nitrogens is 2. The quantitative estimate of drug-likeness (QED) is 0.879. The van der Waals surface area contributed by atoms with Crippen LogP contribution in [0.1, 0.15) is 36.6 Å². The molecule has 4 heteroatoms. The molecule has 0 aliphatic rings. The summed E-state index contributed by atoms with van der Waals surface area (Å²) >= 11 is 0. The monoisotopic (exact) mass is 273 g/mol. The molecule has 0 aliphatic carbocycles. The first kappa shape index (κ1) is 14.6. The van der Waals surface area contributed by atoms with Crippen molar-refractivity contribution in [2.45, 2.75) is 32.9 Å². The lowest BCUT2D eigenvalue weighted by molar-refractivity contribution is 0.414. The zero-order valence-electron chi connectivity index (χ0n) is 12.7. The first-order valence-corrected chi connectivity index (χ1v) is 6.96. The van der Waals surface area contributed by atoms with Gasteiger partial charge in [-0.25, -0.2) is 0 Å². The first-order chi connectivity index (χ1) is 9.60. The summed E-state index contributed by atoms with van der Waals surface area (Å²) in [6, 6.07) is 8.14. The molecule has 108 valence electrons. The summed E-state index contributed by atoms with van der Waals surface area (Å²) < 4.78 is 7.04. The summed E-state index contributed by atoms with van der Waals surface area (Å²) in [6.07, 6.45) is 2.09. The minimum Gasteiger partial charge on any atom is -0.497 e. The zero-order valence-corrected chi connectivity index (χ0v) is 12.7. The van der Waals surface area contributed by atoms with E-state index in [1.807, 2.05) is 23.9 Å². The summed E-state index contributed by atoms with van der Waals surface area (Å²) in [5, 5.41) is 7.99. The number of methoxy groups -OCH3 is 1. The summed E-state index contributed by atoms with van der Waals surface area (Å²) in [5.41, 5.74) is 3.70. The van der Waals surface area contributed by atoms with Crippen molar-refractivity contribution in [1.29, 1.82) is 0 Å². The smallest absolute Gasteiger partial charge is 0.118 e. The van der Waals surface area contributed by atoms with Crippen LogP contribution in [0.4, 0.5) is 0 Å². The molecule has 0 radical (unpaired) electrons. The van der Waals surface area contributed by atoms with Gasteiger partial charge in [0.1, 0.15) is 5.75 Å². The maximum atomic E-state index is 5.16. The van der Waals surface area contributed by atoms with Crippen LogP contribution in [-0.2, 0) is 20.1 Å². The number of benzene rings is 1. The van der Waals surface area contributed by atoms with Gasteiger partial charge in [0, 0.05) is 31.9 Å². The molecule has 0 amide bonds. The van der Waals surface area contributed by atoms with E-state index in [-0.39, 0.29) is 0 Å². The van der Waals surface area contributed by atoms with Crippen molar-refractivity contribution in [3.8, 4) is 5.75 Å². The predicted octanol–water partition coefficient (Wildman–Crippen LogP) is 2.84. The van der Waals surface area contributed by atoms with Gasteiger partial charge in [-0.3, -0.25) is 4.68 Å². The Kier molecular flexibility index (Phi) is 4.79. The van der Waals surface area contributed by atoms with Gasteiger partial charge < -0.3 is 10.1 Å². The zero-order chi connectivity index (χ0) is 14.5. The molecule has 0 unspecified atom stereocenters. The number of nitrogens with one attached hydrogen (secondary N) is 1. The van der Waals surface area contributed by atoms with Crippen LogP contribution >= 0.6 is 0 Å². The number of hydrogen-bond donors (Lipinski definition) is 1. The molecule has 1 aromatic heterocycles. The highest BCUT2D eigenvalue weighted by molar-refractivity contribution is 5.27. The fraction of sp³-hybridized carbons (Fsp3) is 0.438. The molecular formula is C16H23N3O. The van der Waals surface area contributed by atoms with Crippen molar-refractivity contribution in [2.75, 3.05) is 7.11 Å². The maximum absolute atomic E-state index is 5.16. The Labute approximate surface area is 120 Å². The Hall–Kier alpha value is -1.81. The molecule has 0 aliphatic heterocycles. The van der Waals surface area contributed by atoms with Crippen LogP contribution in [0.5, 0.6) is 5.75 Å². The van der Waals surface area contributed by atoms with E-state index in [4.69, 9.17) is 4.74 Å². The third kappa shape index (κ3) is 3.61. The lowest BCUT2D eigenvalue weighted by Crippen LogP contribution is -2.13. The average molecular weight is 273 g/mol. The highest BCUT2D eigenvalue weighted by Crippen LogP contribution is 2.17. The van der Waals surface area contributed by atoms with Gasteiger partial charge in [0.25, 0.3) is 0 Å². The molecule has 1 aromatic carbocycles. The van der Waals surface area contributed by atoms with Gasteiger partial charge in [-0.1, -0.05) is 26.0 Å².